The van der Waals surface area contributed by atoms with Crippen molar-refractivity contribution in [2.45, 2.75) is 38.1 Å². The van der Waals surface area contributed by atoms with Gasteiger partial charge in [-0.2, -0.15) is 11.8 Å². The average Bonchev–Trinajstić information content (AvgIpc) is 2.02. The molecular formula is C10H21NS. The van der Waals surface area contributed by atoms with Crippen molar-refractivity contribution in [3.63, 3.8) is 0 Å². The molecule has 72 valence electrons. The van der Waals surface area contributed by atoms with Gasteiger partial charge in [0, 0.05) is 6.04 Å². The highest BCUT2D eigenvalue weighted by Crippen LogP contribution is 2.31. The van der Waals surface area contributed by atoms with Gasteiger partial charge in [0.15, 0.2) is 0 Å². The van der Waals surface area contributed by atoms with Crippen LogP contribution in [0.2, 0.25) is 0 Å². The van der Waals surface area contributed by atoms with Crippen LogP contribution in [0.25, 0.3) is 0 Å². The monoisotopic (exact) mass is 187 g/mol. The molecule has 0 bridgehead atoms. The minimum Gasteiger partial charge on any atom is -0.317 e. The first-order valence-corrected chi connectivity index (χ1v) is 6.42. The van der Waals surface area contributed by atoms with E-state index in [1.54, 1.807) is 0 Å². The van der Waals surface area contributed by atoms with Crippen molar-refractivity contribution in [3.05, 3.63) is 0 Å². The van der Waals surface area contributed by atoms with E-state index in [2.05, 4.69) is 18.6 Å². The zero-order chi connectivity index (χ0) is 8.81. The van der Waals surface area contributed by atoms with E-state index in [1.165, 1.54) is 37.9 Å². The molecule has 1 rings (SSSR count). The number of thioether (sulfide) groups is 1. The predicted octanol–water partition coefficient (Wildman–Crippen LogP) is 2.52. The molecule has 12 heavy (non-hydrogen) atoms. The summed E-state index contributed by atoms with van der Waals surface area (Å²) in [4.78, 5) is 0. The van der Waals surface area contributed by atoms with Crippen LogP contribution >= 0.6 is 11.8 Å². The Kier molecular flexibility index (Phi) is 5.08. The zero-order valence-electron chi connectivity index (χ0n) is 8.31. The lowest BCUT2D eigenvalue weighted by Crippen LogP contribution is -2.30. The van der Waals surface area contributed by atoms with Gasteiger partial charge in [-0.15, -0.1) is 0 Å². The number of hydrogen-bond donors (Lipinski definition) is 1. The molecule has 0 aromatic rings. The van der Waals surface area contributed by atoms with Gasteiger partial charge < -0.3 is 5.32 Å². The van der Waals surface area contributed by atoms with Crippen molar-refractivity contribution in [2.24, 2.45) is 5.92 Å². The van der Waals surface area contributed by atoms with Crippen molar-refractivity contribution in [1.82, 2.24) is 5.32 Å². The highest BCUT2D eigenvalue weighted by atomic mass is 32.2. The van der Waals surface area contributed by atoms with E-state index in [0.717, 1.165) is 12.0 Å². The van der Waals surface area contributed by atoms with Crippen molar-refractivity contribution in [2.75, 3.05) is 19.1 Å². The Bertz CT molecular complexity index is 112. The second kappa shape index (κ2) is 5.87. The Balaban J connectivity index is 2.06. The fraction of sp³-hybridized carbons (Fsp3) is 1.00. The molecule has 2 heteroatoms. The van der Waals surface area contributed by atoms with Gasteiger partial charge >= 0.3 is 0 Å². The molecule has 0 radical (unpaired) electrons. The largest absolute Gasteiger partial charge is 0.317 e. The highest BCUT2D eigenvalue weighted by molar-refractivity contribution is 7.98. The zero-order valence-corrected chi connectivity index (χ0v) is 9.12. The molecule has 1 nitrogen and oxygen atoms in total. The van der Waals surface area contributed by atoms with Gasteiger partial charge in [-0.25, -0.2) is 0 Å². The van der Waals surface area contributed by atoms with Gasteiger partial charge in [-0.3, -0.25) is 0 Å². The smallest absolute Gasteiger partial charge is 0.00745 e. The predicted molar refractivity (Wildman–Crippen MR) is 57.8 cm³/mol. The molecular weight excluding hydrogens is 166 g/mol. The van der Waals surface area contributed by atoms with E-state index in [0.29, 0.717) is 0 Å². The lowest BCUT2D eigenvalue weighted by atomic mass is 9.80. The minimum atomic E-state index is 0.780. The number of nitrogens with one attached hydrogen (secondary N) is 1. The van der Waals surface area contributed by atoms with Crippen LogP contribution in [0.4, 0.5) is 0 Å². The van der Waals surface area contributed by atoms with Crippen molar-refractivity contribution >= 4 is 11.8 Å². The summed E-state index contributed by atoms with van der Waals surface area (Å²) < 4.78 is 0. The van der Waals surface area contributed by atoms with E-state index in [4.69, 9.17) is 0 Å². The number of hydrogen-bond acceptors (Lipinski definition) is 2. The lowest BCUT2D eigenvalue weighted by Gasteiger charge is -2.29. The molecule has 1 unspecified atom stereocenters. The van der Waals surface area contributed by atoms with Crippen LogP contribution in [0.15, 0.2) is 0 Å². The first-order valence-electron chi connectivity index (χ1n) is 5.03. The van der Waals surface area contributed by atoms with Crippen LogP contribution in [0.1, 0.15) is 32.1 Å². The first-order chi connectivity index (χ1) is 5.86. The molecule has 0 aromatic heterocycles. The Labute approximate surface area is 80.7 Å². The van der Waals surface area contributed by atoms with Crippen molar-refractivity contribution in [1.29, 1.82) is 0 Å². The Morgan fingerprint density at radius 1 is 1.50 bits per heavy atom. The third kappa shape index (κ3) is 3.36. The molecule has 0 aromatic carbocycles. The van der Waals surface area contributed by atoms with E-state index in [-0.39, 0.29) is 0 Å². The van der Waals surface area contributed by atoms with Crippen LogP contribution in [-0.4, -0.2) is 25.1 Å². The quantitative estimate of drug-likeness (QED) is 0.686. The molecule has 1 atom stereocenters. The molecule has 1 aliphatic carbocycles. The summed E-state index contributed by atoms with van der Waals surface area (Å²) in [6.07, 6.45) is 9.39. The second-order valence-electron chi connectivity index (χ2n) is 3.80. The summed E-state index contributed by atoms with van der Waals surface area (Å²) in [6.45, 7) is 0. The molecule has 1 N–H and O–H groups in total. The maximum atomic E-state index is 3.42. The number of rotatable bonds is 6. The summed E-state index contributed by atoms with van der Waals surface area (Å²) in [5.74, 6) is 2.35. The Morgan fingerprint density at radius 2 is 2.25 bits per heavy atom. The fourth-order valence-electron chi connectivity index (χ4n) is 1.77. The van der Waals surface area contributed by atoms with E-state index in [1.807, 2.05) is 11.8 Å². The van der Waals surface area contributed by atoms with Gasteiger partial charge in [0.05, 0.1) is 0 Å². The molecule has 1 saturated carbocycles. The molecule has 0 aliphatic heterocycles. The maximum absolute atomic E-state index is 3.42. The summed E-state index contributed by atoms with van der Waals surface area (Å²) >= 11 is 1.96. The van der Waals surface area contributed by atoms with Crippen molar-refractivity contribution < 1.29 is 0 Å². The lowest BCUT2D eigenvalue weighted by molar-refractivity contribution is 0.262. The van der Waals surface area contributed by atoms with Crippen LogP contribution in [0.3, 0.4) is 0 Å². The standard InChI is InChI=1S/C10H21NS/c1-11-10(6-7-12-2)8-9-4-3-5-9/h9-11H,3-8H2,1-2H3. The first kappa shape index (κ1) is 10.4. The molecule has 0 saturated heterocycles. The third-order valence-electron chi connectivity index (χ3n) is 2.92. The Hall–Kier alpha value is 0.310. The van der Waals surface area contributed by atoms with E-state index >= 15 is 0 Å². The van der Waals surface area contributed by atoms with Crippen LogP contribution in [0, 0.1) is 5.92 Å². The van der Waals surface area contributed by atoms with E-state index < -0.39 is 0 Å². The summed E-state index contributed by atoms with van der Waals surface area (Å²) in [6, 6.07) is 0.780. The van der Waals surface area contributed by atoms with Crippen LogP contribution in [-0.2, 0) is 0 Å². The van der Waals surface area contributed by atoms with Gasteiger partial charge in [-0.1, -0.05) is 19.3 Å². The van der Waals surface area contributed by atoms with Crippen LogP contribution in [0.5, 0.6) is 0 Å². The van der Waals surface area contributed by atoms with Gasteiger partial charge in [0.1, 0.15) is 0 Å². The second-order valence-corrected chi connectivity index (χ2v) is 4.79. The fourth-order valence-corrected chi connectivity index (χ4v) is 2.29. The highest BCUT2D eigenvalue weighted by Gasteiger charge is 2.20. The molecule has 1 fully saturated rings. The Morgan fingerprint density at radius 3 is 2.67 bits per heavy atom. The summed E-state index contributed by atoms with van der Waals surface area (Å²) in [7, 11) is 2.10. The van der Waals surface area contributed by atoms with E-state index in [9.17, 15) is 0 Å². The van der Waals surface area contributed by atoms with Gasteiger partial charge in [0.2, 0.25) is 0 Å². The average molecular weight is 187 g/mol. The summed E-state index contributed by atoms with van der Waals surface area (Å²) in [5, 5.41) is 3.42. The minimum absolute atomic E-state index is 0.780. The van der Waals surface area contributed by atoms with Crippen molar-refractivity contribution in [3.8, 4) is 0 Å². The molecule has 0 heterocycles. The van der Waals surface area contributed by atoms with Gasteiger partial charge in [0.25, 0.3) is 0 Å². The maximum Gasteiger partial charge on any atom is 0.00745 e. The van der Waals surface area contributed by atoms with Crippen LogP contribution < -0.4 is 5.32 Å². The topological polar surface area (TPSA) is 12.0 Å². The third-order valence-corrected chi connectivity index (χ3v) is 3.57. The normalized spacial score (nSPS) is 20.5. The van der Waals surface area contributed by atoms with Gasteiger partial charge in [-0.05, 0) is 37.8 Å². The summed E-state index contributed by atoms with van der Waals surface area (Å²) in [5.41, 5.74) is 0. The SMILES string of the molecule is CNC(CCSC)CC1CCC1. The molecule has 1 aliphatic rings. The molecule has 0 amide bonds. The molecule has 0 spiro atoms.